The van der Waals surface area contributed by atoms with Crippen molar-refractivity contribution in [3.8, 4) is 5.75 Å². The average Bonchev–Trinajstić information content (AvgIpc) is 3.03. The number of aromatic nitrogens is 4. The molecule has 0 saturated carbocycles. The molecule has 1 aromatic carbocycles. The molecule has 0 aliphatic heterocycles. The van der Waals surface area contributed by atoms with Crippen molar-refractivity contribution in [1.82, 2.24) is 18.7 Å². The summed E-state index contributed by atoms with van der Waals surface area (Å²) in [5.41, 5.74) is 0.400. The van der Waals surface area contributed by atoms with E-state index >= 15 is 0 Å². The Hall–Kier alpha value is -3.36. The molecule has 3 rings (SSSR count). The molecule has 9 heteroatoms. The van der Waals surface area contributed by atoms with Gasteiger partial charge in [-0.3, -0.25) is 13.9 Å². The van der Waals surface area contributed by atoms with Gasteiger partial charge in [0, 0.05) is 20.6 Å². The Morgan fingerprint density at radius 1 is 1.26 bits per heavy atom. The number of nitrogens with zero attached hydrogens (tertiary/aromatic N) is 4. The van der Waals surface area contributed by atoms with Crippen molar-refractivity contribution in [1.29, 1.82) is 0 Å². The van der Waals surface area contributed by atoms with Gasteiger partial charge in [-0.05, 0) is 25.0 Å². The van der Waals surface area contributed by atoms with Crippen LogP contribution in [0.5, 0.6) is 5.75 Å². The van der Waals surface area contributed by atoms with Gasteiger partial charge in [-0.15, -0.1) is 0 Å². The molecule has 0 aliphatic rings. The van der Waals surface area contributed by atoms with Gasteiger partial charge in [0.05, 0.1) is 12.9 Å². The molecule has 0 saturated heterocycles. The third-order valence-electron chi connectivity index (χ3n) is 4.42. The van der Waals surface area contributed by atoms with Crippen LogP contribution in [-0.2, 0) is 25.4 Å². The molecule has 0 unspecified atom stereocenters. The summed E-state index contributed by atoms with van der Waals surface area (Å²) >= 11 is 0. The minimum absolute atomic E-state index is 0.00519. The lowest BCUT2D eigenvalue weighted by atomic mass is 10.1. The molecule has 2 aromatic heterocycles. The Morgan fingerprint density at radius 3 is 2.74 bits per heavy atom. The average molecular weight is 372 g/mol. The summed E-state index contributed by atoms with van der Waals surface area (Å²) in [6.45, 7) is 1.79. The first kappa shape index (κ1) is 18.4. The van der Waals surface area contributed by atoms with E-state index in [-0.39, 0.29) is 30.9 Å². The van der Waals surface area contributed by atoms with Crippen LogP contribution in [0.1, 0.15) is 22.3 Å². The Balaban J connectivity index is 1.72. The van der Waals surface area contributed by atoms with E-state index in [1.165, 1.54) is 17.0 Å². The molecule has 27 heavy (non-hydrogen) atoms. The summed E-state index contributed by atoms with van der Waals surface area (Å²) in [4.78, 5) is 41.1. The van der Waals surface area contributed by atoms with E-state index in [2.05, 4.69) is 4.98 Å². The fourth-order valence-electron chi connectivity index (χ4n) is 2.88. The van der Waals surface area contributed by atoms with Gasteiger partial charge in [0.1, 0.15) is 11.3 Å². The summed E-state index contributed by atoms with van der Waals surface area (Å²) in [6.07, 6.45) is 1.75. The monoisotopic (exact) mass is 372 g/mol. The number of carbonyl (C=O) groups is 1. The fourth-order valence-corrected chi connectivity index (χ4v) is 2.88. The zero-order chi connectivity index (χ0) is 19.7. The van der Waals surface area contributed by atoms with Crippen molar-refractivity contribution >= 4 is 17.1 Å². The first-order valence-electron chi connectivity index (χ1n) is 8.39. The van der Waals surface area contributed by atoms with Gasteiger partial charge < -0.3 is 14.4 Å². The standard InChI is InChI=1S/C18H20N4O5/c1-11-6-4-7-12(14(11)23)17(25)27-9-5-8-22-16(24)13-15(19-10-20(13)2)21(3)18(22)26/h4,6-7,10,23H,5,8-9H2,1-3H3. The number of hydrogen-bond acceptors (Lipinski definition) is 6. The minimum atomic E-state index is -0.654. The molecule has 0 amide bonds. The molecule has 2 heterocycles. The quantitative estimate of drug-likeness (QED) is 0.522. The zero-order valence-electron chi connectivity index (χ0n) is 15.3. The SMILES string of the molecule is Cc1cccc(C(=O)OCCCn2c(=O)c3c(ncn3C)n(C)c2=O)c1O. The third-order valence-corrected chi connectivity index (χ3v) is 4.42. The Morgan fingerprint density at radius 2 is 2.00 bits per heavy atom. The fraction of sp³-hybridized carbons (Fsp3) is 0.333. The zero-order valence-corrected chi connectivity index (χ0v) is 15.3. The number of benzene rings is 1. The van der Waals surface area contributed by atoms with Crippen LogP contribution >= 0.6 is 0 Å². The third kappa shape index (κ3) is 3.23. The van der Waals surface area contributed by atoms with E-state index in [4.69, 9.17) is 4.74 Å². The number of fused-ring (bicyclic) bond motifs is 1. The summed E-state index contributed by atoms with van der Waals surface area (Å²) in [5.74, 6) is -0.771. The smallest absolute Gasteiger partial charge is 0.341 e. The Kier molecular flexibility index (Phi) is 4.85. The van der Waals surface area contributed by atoms with Gasteiger partial charge in [0.25, 0.3) is 5.56 Å². The van der Waals surface area contributed by atoms with Crippen molar-refractivity contribution < 1.29 is 14.6 Å². The van der Waals surface area contributed by atoms with Crippen molar-refractivity contribution in [2.75, 3.05) is 6.61 Å². The predicted molar refractivity (Wildman–Crippen MR) is 98.0 cm³/mol. The summed E-state index contributed by atoms with van der Waals surface area (Å²) in [7, 11) is 3.23. The number of imidazole rings is 1. The topological polar surface area (TPSA) is 108 Å². The largest absolute Gasteiger partial charge is 0.507 e. The van der Waals surface area contributed by atoms with Gasteiger partial charge in [-0.2, -0.15) is 0 Å². The lowest BCUT2D eigenvalue weighted by molar-refractivity contribution is 0.0492. The molecule has 3 aromatic rings. The van der Waals surface area contributed by atoms with Gasteiger partial charge in [-0.25, -0.2) is 14.6 Å². The van der Waals surface area contributed by atoms with Crippen LogP contribution in [0.4, 0.5) is 0 Å². The Labute approximate surface area is 154 Å². The second-order valence-corrected chi connectivity index (χ2v) is 6.29. The van der Waals surface area contributed by atoms with E-state index in [9.17, 15) is 19.5 Å². The molecular weight excluding hydrogens is 352 g/mol. The number of ether oxygens (including phenoxy) is 1. The highest BCUT2D eigenvalue weighted by Gasteiger charge is 2.16. The normalized spacial score (nSPS) is 11.1. The first-order chi connectivity index (χ1) is 12.8. The van der Waals surface area contributed by atoms with E-state index in [1.807, 2.05) is 0 Å². The van der Waals surface area contributed by atoms with E-state index in [0.29, 0.717) is 16.7 Å². The molecular formula is C18H20N4O5. The van der Waals surface area contributed by atoms with Gasteiger partial charge in [-0.1, -0.05) is 12.1 Å². The number of aryl methyl sites for hydroxylation is 3. The van der Waals surface area contributed by atoms with Crippen molar-refractivity contribution in [2.24, 2.45) is 14.1 Å². The lowest BCUT2D eigenvalue weighted by Crippen LogP contribution is -2.39. The highest BCUT2D eigenvalue weighted by Crippen LogP contribution is 2.22. The lowest BCUT2D eigenvalue weighted by Gasteiger charge is -2.10. The molecule has 9 nitrogen and oxygen atoms in total. The molecule has 0 atom stereocenters. The van der Waals surface area contributed by atoms with Gasteiger partial charge in [0.2, 0.25) is 0 Å². The van der Waals surface area contributed by atoms with Crippen LogP contribution in [0.15, 0.2) is 34.1 Å². The summed E-state index contributed by atoms with van der Waals surface area (Å²) in [5, 5.41) is 9.91. The van der Waals surface area contributed by atoms with Crippen molar-refractivity contribution in [2.45, 2.75) is 19.9 Å². The van der Waals surface area contributed by atoms with Gasteiger partial charge >= 0.3 is 11.7 Å². The molecule has 0 bridgehead atoms. The first-order valence-corrected chi connectivity index (χ1v) is 8.39. The second-order valence-electron chi connectivity index (χ2n) is 6.29. The molecule has 0 aliphatic carbocycles. The van der Waals surface area contributed by atoms with Crippen LogP contribution in [0, 0.1) is 6.92 Å². The second kappa shape index (κ2) is 7.10. The number of para-hydroxylation sites is 1. The van der Waals surface area contributed by atoms with Gasteiger partial charge in [0.15, 0.2) is 11.2 Å². The van der Waals surface area contributed by atoms with E-state index in [0.717, 1.165) is 4.57 Å². The highest BCUT2D eigenvalue weighted by molar-refractivity contribution is 5.92. The van der Waals surface area contributed by atoms with Crippen LogP contribution in [0.3, 0.4) is 0 Å². The number of aromatic hydroxyl groups is 1. The number of esters is 1. The molecule has 1 N–H and O–H groups in total. The highest BCUT2D eigenvalue weighted by atomic mass is 16.5. The van der Waals surface area contributed by atoms with Crippen molar-refractivity contribution in [3.63, 3.8) is 0 Å². The van der Waals surface area contributed by atoms with Crippen LogP contribution in [0.25, 0.3) is 11.2 Å². The Bertz CT molecular complexity index is 1140. The van der Waals surface area contributed by atoms with E-state index in [1.54, 1.807) is 37.7 Å². The molecule has 0 fully saturated rings. The van der Waals surface area contributed by atoms with Crippen LogP contribution in [0.2, 0.25) is 0 Å². The molecule has 0 spiro atoms. The van der Waals surface area contributed by atoms with Crippen molar-refractivity contribution in [3.05, 3.63) is 56.5 Å². The number of phenols is 1. The molecule has 142 valence electrons. The number of carbonyl (C=O) groups excluding carboxylic acids is 1. The molecule has 0 radical (unpaired) electrons. The van der Waals surface area contributed by atoms with Crippen LogP contribution in [-0.4, -0.2) is 36.4 Å². The maximum Gasteiger partial charge on any atom is 0.341 e. The number of phenolic OH excluding ortho intramolecular Hbond substituents is 1. The van der Waals surface area contributed by atoms with Crippen LogP contribution < -0.4 is 11.2 Å². The number of hydrogen-bond donors (Lipinski definition) is 1. The minimum Gasteiger partial charge on any atom is -0.507 e. The summed E-state index contributed by atoms with van der Waals surface area (Å²) < 4.78 is 9.13. The number of rotatable bonds is 5. The maximum absolute atomic E-state index is 12.6. The maximum atomic E-state index is 12.6. The summed E-state index contributed by atoms with van der Waals surface area (Å²) in [6, 6.07) is 4.81. The predicted octanol–water partition coefficient (Wildman–Crippen LogP) is 0.695. The van der Waals surface area contributed by atoms with E-state index < -0.39 is 17.2 Å².